The molecule has 1 aromatic heterocycles. The molecular formula is C16H23ClN4O. The molecule has 1 atom stereocenters. The van der Waals surface area contributed by atoms with Crippen LogP contribution in [0.4, 0.5) is 0 Å². The maximum absolute atomic E-state index is 12.0. The molecule has 0 bridgehead atoms. The van der Waals surface area contributed by atoms with Crippen molar-refractivity contribution in [2.24, 2.45) is 12.8 Å². The molecule has 5 nitrogen and oxygen atoms in total. The minimum Gasteiger partial charge on any atom is -0.352 e. The van der Waals surface area contributed by atoms with Crippen LogP contribution in [0.2, 0.25) is 0 Å². The lowest BCUT2D eigenvalue weighted by atomic mass is 10.0. The third-order valence-electron chi connectivity index (χ3n) is 3.44. The Kier molecular flexibility index (Phi) is 7.08. The van der Waals surface area contributed by atoms with Crippen molar-refractivity contribution in [3.8, 4) is 0 Å². The van der Waals surface area contributed by atoms with E-state index in [2.05, 4.69) is 17.3 Å². The number of aryl methyl sites for hydroxylation is 2. The fourth-order valence-electron chi connectivity index (χ4n) is 2.31. The Morgan fingerprint density at radius 2 is 2.05 bits per heavy atom. The summed E-state index contributed by atoms with van der Waals surface area (Å²) in [6.07, 6.45) is 3.08. The second kappa shape index (κ2) is 8.56. The average molecular weight is 323 g/mol. The normalized spacial score (nSPS) is 11.6. The minimum absolute atomic E-state index is 0. The van der Waals surface area contributed by atoms with Crippen LogP contribution in [0.15, 0.2) is 36.5 Å². The number of benzene rings is 1. The van der Waals surface area contributed by atoms with Crippen molar-refractivity contribution >= 4 is 18.3 Å². The Labute approximate surface area is 137 Å². The van der Waals surface area contributed by atoms with Gasteiger partial charge in [-0.25, -0.2) is 0 Å². The van der Waals surface area contributed by atoms with Gasteiger partial charge in [-0.15, -0.1) is 12.4 Å². The molecule has 0 aliphatic heterocycles. The molecule has 1 heterocycles. The number of amides is 1. The van der Waals surface area contributed by atoms with Gasteiger partial charge in [-0.05, 0) is 12.0 Å². The number of carbonyl (C=O) groups excluding carboxylic acids is 1. The van der Waals surface area contributed by atoms with Crippen molar-refractivity contribution in [2.75, 3.05) is 0 Å². The van der Waals surface area contributed by atoms with Crippen LogP contribution < -0.4 is 11.1 Å². The van der Waals surface area contributed by atoms with E-state index in [-0.39, 0.29) is 30.8 Å². The number of halogens is 1. The van der Waals surface area contributed by atoms with E-state index in [1.165, 1.54) is 0 Å². The molecule has 2 aromatic rings. The molecule has 0 spiro atoms. The predicted octanol–water partition coefficient (Wildman–Crippen LogP) is 2.11. The maximum Gasteiger partial charge on any atom is 0.222 e. The van der Waals surface area contributed by atoms with E-state index in [9.17, 15) is 4.79 Å². The van der Waals surface area contributed by atoms with Gasteiger partial charge in [0.2, 0.25) is 5.91 Å². The third kappa shape index (κ3) is 4.86. The molecule has 6 heteroatoms. The topological polar surface area (TPSA) is 72.9 Å². The van der Waals surface area contributed by atoms with Gasteiger partial charge in [0.05, 0.1) is 5.69 Å². The predicted molar refractivity (Wildman–Crippen MR) is 89.7 cm³/mol. The molecule has 1 aromatic carbocycles. The van der Waals surface area contributed by atoms with E-state index in [1.807, 2.05) is 43.6 Å². The van der Waals surface area contributed by atoms with Gasteiger partial charge in [-0.2, -0.15) is 5.10 Å². The number of nitrogens with zero attached hydrogens (tertiary/aromatic N) is 2. The van der Waals surface area contributed by atoms with Crippen molar-refractivity contribution in [1.29, 1.82) is 0 Å². The van der Waals surface area contributed by atoms with Crippen molar-refractivity contribution in [2.45, 2.75) is 32.4 Å². The number of rotatable bonds is 6. The Hall–Kier alpha value is -1.85. The molecule has 1 amide bonds. The fourth-order valence-corrected chi connectivity index (χ4v) is 2.31. The van der Waals surface area contributed by atoms with Gasteiger partial charge in [0, 0.05) is 37.8 Å². The van der Waals surface area contributed by atoms with Gasteiger partial charge in [0.15, 0.2) is 0 Å². The highest BCUT2D eigenvalue weighted by Crippen LogP contribution is 2.13. The van der Waals surface area contributed by atoms with Crippen molar-refractivity contribution in [3.05, 3.63) is 53.3 Å². The summed E-state index contributed by atoms with van der Waals surface area (Å²) in [5, 5.41) is 7.27. The zero-order valence-corrected chi connectivity index (χ0v) is 13.8. The molecule has 1 unspecified atom stereocenters. The smallest absolute Gasteiger partial charge is 0.222 e. The SMILES string of the molecule is CCc1nn(C)cc1CNC(=O)CC(N)c1ccccc1.Cl. The molecule has 0 aliphatic carbocycles. The first-order chi connectivity index (χ1) is 10.1. The van der Waals surface area contributed by atoms with Crippen LogP contribution >= 0.6 is 12.4 Å². The summed E-state index contributed by atoms with van der Waals surface area (Å²) in [5.74, 6) is -0.0442. The van der Waals surface area contributed by atoms with Gasteiger partial charge in [-0.1, -0.05) is 37.3 Å². The zero-order chi connectivity index (χ0) is 15.2. The largest absolute Gasteiger partial charge is 0.352 e. The van der Waals surface area contributed by atoms with Gasteiger partial charge in [0.1, 0.15) is 0 Å². The van der Waals surface area contributed by atoms with Crippen molar-refractivity contribution in [3.63, 3.8) is 0 Å². The molecule has 120 valence electrons. The lowest BCUT2D eigenvalue weighted by Gasteiger charge is -2.12. The summed E-state index contributed by atoms with van der Waals surface area (Å²) in [5.41, 5.74) is 9.10. The second-order valence-corrected chi connectivity index (χ2v) is 5.13. The number of carbonyl (C=O) groups is 1. The Morgan fingerprint density at radius 3 is 2.68 bits per heavy atom. The van der Waals surface area contributed by atoms with Crippen LogP contribution in [-0.4, -0.2) is 15.7 Å². The molecule has 2 rings (SSSR count). The molecule has 3 N–H and O–H groups in total. The van der Waals surface area contributed by atoms with Gasteiger partial charge >= 0.3 is 0 Å². The van der Waals surface area contributed by atoms with Crippen LogP contribution in [0.25, 0.3) is 0 Å². The number of hydrogen-bond acceptors (Lipinski definition) is 3. The monoisotopic (exact) mass is 322 g/mol. The fraction of sp³-hybridized carbons (Fsp3) is 0.375. The van der Waals surface area contributed by atoms with Crippen LogP contribution in [0.5, 0.6) is 0 Å². The molecule has 0 fully saturated rings. The summed E-state index contributed by atoms with van der Waals surface area (Å²) in [4.78, 5) is 12.0. The average Bonchev–Trinajstić information content (AvgIpc) is 2.86. The van der Waals surface area contributed by atoms with E-state index >= 15 is 0 Å². The first kappa shape index (κ1) is 18.2. The molecule has 0 saturated carbocycles. The molecule has 0 radical (unpaired) electrons. The van der Waals surface area contributed by atoms with Gasteiger partial charge < -0.3 is 11.1 Å². The van der Waals surface area contributed by atoms with E-state index in [0.717, 1.165) is 23.2 Å². The number of hydrogen-bond donors (Lipinski definition) is 2. The summed E-state index contributed by atoms with van der Waals surface area (Å²) in [6, 6.07) is 9.39. The van der Waals surface area contributed by atoms with Crippen LogP contribution in [0.3, 0.4) is 0 Å². The Balaban J connectivity index is 0.00000242. The Morgan fingerprint density at radius 1 is 1.36 bits per heavy atom. The highest BCUT2D eigenvalue weighted by Gasteiger charge is 2.12. The van der Waals surface area contributed by atoms with Gasteiger partial charge in [-0.3, -0.25) is 9.48 Å². The van der Waals surface area contributed by atoms with Crippen LogP contribution in [0.1, 0.15) is 36.2 Å². The highest BCUT2D eigenvalue weighted by atomic mass is 35.5. The number of aromatic nitrogens is 2. The van der Waals surface area contributed by atoms with E-state index in [1.54, 1.807) is 4.68 Å². The zero-order valence-electron chi connectivity index (χ0n) is 13.0. The quantitative estimate of drug-likeness (QED) is 0.855. The summed E-state index contributed by atoms with van der Waals surface area (Å²) < 4.78 is 1.77. The third-order valence-corrected chi connectivity index (χ3v) is 3.44. The highest BCUT2D eigenvalue weighted by molar-refractivity contribution is 5.85. The Bertz CT molecular complexity index is 597. The lowest BCUT2D eigenvalue weighted by molar-refractivity contribution is -0.121. The van der Waals surface area contributed by atoms with Crippen LogP contribution in [-0.2, 0) is 24.8 Å². The lowest BCUT2D eigenvalue weighted by Crippen LogP contribution is -2.27. The summed E-state index contributed by atoms with van der Waals surface area (Å²) >= 11 is 0. The molecule has 0 aliphatic rings. The minimum atomic E-state index is -0.272. The summed E-state index contributed by atoms with van der Waals surface area (Å²) in [7, 11) is 1.88. The van der Waals surface area contributed by atoms with Gasteiger partial charge in [0.25, 0.3) is 0 Å². The molecular weight excluding hydrogens is 300 g/mol. The first-order valence-electron chi connectivity index (χ1n) is 7.18. The molecule has 22 heavy (non-hydrogen) atoms. The maximum atomic E-state index is 12.0. The first-order valence-corrected chi connectivity index (χ1v) is 7.18. The van der Waals surface area contributed by atoms with Crippen LogP contribution in [0, 0.1) is 0 Å². The van der Waals surface area contributed by atoms with E-state index in [4.69, 9.17) is 5.73 Å². The van der Waals surface area contributed by atoms with Crippen molar-refractivity contribution < 1.29 is 4.79 Å². The number of nitrogens with one attached hydrogen (secondary N) is 1. The standard InChI is InChI=1S/C16H22N4O.ClH/c1-3-15-13(11-20(2)19-15)10-18-16(21)9-14(17)12-7-5-4-6-8-12;/h4-8,11,14H,3,9-10,17H2,1-2H3,(H,18,21);1H. The second-order valence-electron chi connectivity index (χ2n) is 5.13. The van der Waals surface area contributed by atoms with E-state index < -0.39 is 0 Å². The number of nitrogens with two attached hydrogens (primary N) is 1. The van der Waals surface area contributed by atoms with E-state index in [0.29, 0.717) is 6.54 Å². The molecule has 0 saturated heterocycles. The summed E-state index contributed by atoms with van der Waals surface area (Å²) in [6.45, 7) is 2.55. The van der Waals surface area contributed by atoms with Crippen molar-refractivity contribution in [1.82, 2.24) is 15.1 Å².